The number of amides is 1. The first kappa shape index (κ1) is 20.6. The topological polar surface area (TPSA) is 75.6 Å². The van der Waals surface area contributed by atoms with Crippen molar-refractivity contribution >= 4 is 17.8 Å². The third kappa shape index (κ3) is 4.45. The number of aryl methyl sites for hydroxylation is 1. The maximum absolute atomic E-state index is 13.0. The Morgan fingerprint density at radius 3 is 2.50 bits per heavy atom. The van der Waals surface area contributed by atoms with Crippen molar-refractivity contribution in [2.45, 2.75) is 52.9 Å². The summed E-state index contributed by atoms with van der Waals surface area (Å²) in [6.45, 7) is 9.50. The molecule has 0 spiro atoms. The number of likely N-dealkylation sites (tertiary alicyclic amines) is 1. The standard InChI is InChI=1S/C21H32N4O3/c1-4-24(5-2)21-22-14-17-13-16(7-8-18(17)23-21)19(26)25-11-9-15(10-12-25)20(27)28-6-3/h14-16H,4-13H2,1-3H3/t16-/m0/s1. The number of anilines is 1. The highest BCUT2D eigenvalue weighted by atomic mass is 16.5. The molecule has 1 fully saturated rings. The van der Waals surface area contributed by atoms with Gasteiger partial charge in [0.1, 0.15) is 0 Å². The summed E-state index contributed by atoms with van der Waals surface area (Å²) in [7, 11) is 0. The minimum Gasteiger partial charge on any atom is -0.466 e. The number of hydrogen-bond acceptors (Lipinski definition) is 6. The number of esters is 1. The molecule has 2 aliphatic rings. The molecule has 0 aromatic carbocycles. The van der Waals surface area contributed by atoms with Crippen molar-refractivity contribution in [2.75, 3.05) is 37.7 Å². The maximum Gasteiger partial charge on any atom is 0.309 e. The second-order valence-corrected chi connectivity index (χ2v) is 7.61. The number of rotatable bonds is 6. The summed E-state index contributed by atoms with van der Waals surface area (Å²) in [5.74, 6) is 0.801. The van der Waals surface area contributed by atoms with Crippen LogP contribution < -0.4 is 4.90 Å². The zero-order valence-corrected chi connectivity index (χ0v) is 17.3. The molecule has 1 saturated heterocycles. The number of ether oxygens (including phenoxy) is 1. The lowest BCUT2D eigenvalue weighted by atomic mass is 9.85. The highest BCUT2D eigenvalue weighted by molar-refractivity contribution is 5.80. The minimum atomic E-state index is -0.123. The fourth-order valence-corrected chi connectivity index (χ4v) is 4.22. The summed E-state index contributed by atoms with van der Waals surface area (Å²) < 4.78 is 5.12. The molecule has 1 aliphatic carbocycles. The minimum absolute atomic E-state index is 0.00505. The van der Waals surface area contributed by atoms with Crippen molar-refractivity contribution < 1.29 is 14.3 Å². The van der Waals surface area contributed by atoms with Gasteiger partial charge in [-0.2, -0.15) is 0 Å². The van der Waals surface area contributed by atoms with Gasteiger partial charge in [0.2, 0.25) is 11.9 Å². The Kier molecular flexibility index (Phi) is 6.86. The quantitative estimate of drug-likeness (QED) is 0.696. The second-order valence-electron chi connectivity index (χ2n) is 7.61. The van der Waals surface area contributed by atoms with Gasteiger partial charge in [-0.25, -0.2) is 9.97 Å². The molecule has 28 heavy (non-hydrogen) atoms. The molecule has 3 rings (SSSR count). The van der Waals surface area contributed by atoms with Crippen molar-refractivity contribution in [1.82, 2.24) is 14.9 Å². The van der Waals surface area contributed by atoms with Gasteiger partial charge in [0, 0.05) is 44.0 Å². The molecule has 1 aromatic rings. The molecular weight excluding hydrogens is 356 g/mol. The van der Waals surface area contributed by atoms with E-state index in [9.17, 15) is 9.59 Å². The van der Waals surface area contributed by atoms with E-state index in [4.69, 9.17) is 9.72 Å². The van der Waals surface area contributed by atoms with Gasteiger partial charge in [-0.3, -0.25) is 9.59 Å². The third-order valence-corrected chi connectivity index (χ3v) is 5.96. The van der Waals surface area contributed by atoms with Crippen molar-refractivity contribution in [1.29, 1.82) is 0 Å². The van der Waals surface area contributed by atoms with E-state index in [0.29, 0.717) is 39.0 Å². The molecule has 0 N–H and O–H groups in total. The van der Waals surface area contributed by atoms with E-state index < -0.39 is 0 Å². The molecular formula is C21H32N4O3. The summed E-state index contributed by atoms with van der Waals surface area (Å²) in [5.41, 5.74) is 2.18. The highest BCUT2D eigenvalue weighted by Crippen LogP contribution is 2.28. The summed E-state index contributed by atoms with van der Waals surface area (Å²) in [5, 5.41) is 0. The Balaban J connectivity index is 1.58. The Morgan fingerprint density at radius 2 is 1.86 bits per heavy atom. The van der Waals surface area contributed by atoms with Crippen molar-refractivity contribution in [3.63, 3.8) is 0 Å². The van der Waals surface area contributed by atoms with Crippen LogP contribution >= 0.6 is 0 Å². The number of carbonyl (C=O) groups is 2. The number of hydrogen-bond donors (Lipinski definition) is 0. The maximum atomic E-state index is 13.0. The van der Waals surface area contributed by atoms with Crippen LogP contribution in [-0.4, -0.2) is 59.5 Å². The van der Waals surface area contributed by atoms with Gasteiger partial charge in [0.15, 0.2) is 0 Å². The van der Waals surface area contributed by atoms with Crippen LogP contribution in [0.3, 0.4) is 0 Å². The molecule has 0 radical (unpaired) electrons. The van der Waals surface area contributed by atoms with Crippen molar-refractivity contribution in [2.24, 2.45) is 11.8 Å². The number of piperidine rings is 1. The summed E-state index contributed by atoms with van der Waals surface area (Å²) in [6, 6.07) is 0. The van der Waals surface area contributed by atoms with Crippen LogP contribution in [0.25, 0.3) is 0 Å². The van der Waals surface area contributed by atoms with E-state index in [0.717, 1.165) is 43.1 Å². The monoisotopic (exact) mass is 388 g/mol. The molecule has 0 bridgehead atoms. The van der Waals surface area contributed by atoms with Gasteiger partial charge in [-0.05, 0) is 58.4 Å². The van der Waals surface area contributed by atoms with E-state index in [-0.39, 0.29) is 23.7 Å². The fourth-order valence-electron chi connectivity index (χ4n) is 4.22. The Labute approximate surface area is 167 Å². The van der Waals surface area contributed by atoms with Crippen LogP contribution in [0.5, 0.6) is 0 Å². The molecule has 1 atom stereocenters. The number of nitrogens with zero attached hydrogens (tertiary/aromatic N) is 4. The molecule has 0 saturated carbocycles. The molecule has 1 amide bonds. The number of fused-ring (bicyclic) bond motifs is 1. The molecule has 7 nitrogen and oxygen atoms in total. The van der Waals surface area contributed by atoms with E-state index in [1.165, 1.54) is 0 Å². The van der Waals surface area contributed by atoms with E-state index in [2.05, 4.69) is 23.7 Å². The number of aromatic nitrogens is 2. The largest absolute Gasteiger partial charge is 0.466 e. The molecule has 0 unspecified atom stereocenters. The first-order valence-electron chi connectivity index (χ1n) is 10.6. The Hall–Kier alpha value is -2.18. The lowest BCUT2D eigenvalue weighted by molar-refractivity contribution is -0.151. The summed E-state index contributed by atoms with van der Waals surface area (Å²) in [6.07, 6.45) is 5.67. The predicted octanol–water partition coefficient (Wildman–Crippen LogP) is 2.23. The third-order valence-electron chi connectivity index (χ3n) is 5.96. The first-order chi connectivity index (χ1) is 13.6. The first-order valence-corrected chi connectivity index (χ1v) is 10.6. The molecule has 154 valence electrons. The van der Waals surface area contributed by atoms with Crippen LogP contribution in [0, 0.1) is 11.8 Å². The van der Waals surface area contributed by atoms with Gasteiger partial charge in [-0.1, -0.05) is 0 Å². The molecule has 1 aliphatic heterocycles. The predicted molar refractivity (Wildman–Crippen MR) is 107 cm³/mol. The van der Waals surface area contributed by atoms with Crippen molar-refractivity contribution in [3.8, 4) is 0 Å². The fraction of sp³-hybridized carbons (Fsp3) is 0.714. The summed E-state index contributed by atoms with van der Waals surface area (Å²) in [4.78, 5) is 38.2. The Bertz CT molecular complexity index is 697. The van der Waals surface area contributed by atoms with Crippen LogP contribution in [0.1, 0.15) is 51.3 Å². The molecule has 7 heteroatoms. The smallest absolute Gasteiger partial charge is 0.309 e. The average Bonchev–Trinajstić information content (AvgIpc) is 2.74. The molecule has 1 aromatic heterocycles. The normalized spacial score (nSPS) is 19.8. The van der Waals surface area contributed by atoms with E-state index >= 15 is 0 Å². The second kappa shape index (κ2) is 9.34. The van der Waals surface area contributed by atoms with Gasteiger partial charge in [0.05, 0.1) is 12.5 Å². The SMILES string of the molecule is CCOC(=O)C1CCN(C(=O)[C@H]2CCc3nc(N(CC)CC)ncc3C2)CC1. The zero-order valence-electron chi connectivity index (χ0n) is 17.3. The van der Waals surface area contributed by atoms with E-state index in [1.807, 2.05) is 18.0 Å². The van der Waals surface area contributed by atoms with Gasteiger partial charge in [-0.15, -0.1) is 0 Å². The average molecular weight is 389 g/mol. The van der Waals surface area contributed by atoms with E-state index in [1.54, 1.807) is 0 Å². The van der Waals surface area contributed by atoms with Gasteiger partial charge in [0.25, 0.3) is 0 Å². The van der Waals surface area contributed by atoms with Gasteiger partial charge < -0.3 is 14.5 Å². The Morgan fingerprint density at radius 1 is 1.14 bits per heavy atom. The van der Waals surface area contributed by atoms with Crippen LogP contribution in [0.15, 0.2) is 6.20 Å². The highest BCUT2D eigenvalue weighted by Gasteiger charge is 2.33. The van der Waals surface area contributed by atoms with Crippen LogP contribution in [0.2, 0.25) is 0 Å². The van der Waals surface area contributed by atoms with Crippen LogP contribution in [-0.2, 0) is 27.2 Å². The van der Waals surface area contributed by atoms with Crippen LogP contribution in [0.4, 0.5) is 5.95 Å². The lowest BCUT2D eigenvalue weighted by Gasteiger charge is -2.34. The lowest BCUT2D eigenvalue weighted by Crippen LogP contribution is -2.44. The zero-order chi connectivity index (χ0) is 20.1. The van der Waals surface area contributed by atoms with Crippen molar-refractivity contribution in [3.05, 3.63) is 17.5 Å². The number of carbonyl (C=O) groups excluding carboxylic acids is 2. The van der Waals surface area contributed by atoms with Gasteiger partial charge >= 0.3 is 5.97 Å². The summed E-state index contributed by atoms with van der Waals surface area (Å²) >= 11 is 0. The molecule has 2 heterocycles.